The van der Waals surface area contributed by atoms with Crippen molar-refractivity contribution < 1.29 is 13.9 Å². The molecule has 2 aromatic carbocycles. The zero-order valence-electron chi connectivity index (χ0n) is 11.4. The Morgan fingerprint density at radius 1 is 1.05 bits per heavy atom. The molecule has 0 aliphatic carbocycles. The molecule has 1 aliphatic rings. The Morgan fingerprint density at radius 2 is 1.86 bits per heavy atom. The van der Waals surface area contributed by atoms with Gasteiger partial charge in [-0.1, -0.05) is 17.7 Å². The van der Waals surface area contributed by atoms with Crippen molar-refractivity contribution in [2.24, 2.45) is 0 Å². The number of hydrogen-bond acceptors (Lipinski definition) is 3. The summed E-state index contributed by atoms with van der Waals surface area (Å²) >= 11 is 5.99. The zero-order valence-corrected chi connectivity index (χ0v) is 12.1. The van der Waals surface area contributed by atoms with Crippen molar-refractivity contribution in [3.8, 4) is 11.5 Å². The van der Waals surface area contributed by atoms with E-state index in [2.05, 4.69) is 5.32 Å². The first-order chi connectivity index (χ1) is 10.2. The van der Waals surface area contributed by atoms with E-state index in [4.69, 9.17) is 21.1 Å². The lowest BCUT2D eigenvalue weighted by atomic mass is 10.2. The highest BCUT2D eigenvalue weighted by molar-refractivity contribution is 6.33. The second-order valence-electron chi connectivity index (χ2n) is 4.81. The van der Waals surface area contributed by atoms with Gasteiger partial charge in [-0.05, 0) is 35.9 Å². The van der Waals surface area contributed by atoms with Crippen molar-refractivity contribution in [3.63, 3.8) is 0 Å². The van der Waals surface area contributed by atoms with Crippen LogP contribution in [0.5, 0.6) is 11.5 Å². The van der Waals surface area contributed by atoms with Crippen LogP contribution < -0.4 is 14.8 Å². The highest BCUT2D eigenvalue weighted by Crippen LogP contribution is 2.31. The van der Waals surface area contributed by atoms with Crippen LogP contribution >= 0.6 is 11.6 Å². The molecule has 110 valence electrons. The van der Waals surface area contributed by atoms with Gasteiger partial charge in [0.25, 0.3) is 0 Å². The maximum absolute atomic E-state index is 13.0. The minimum atomic E-state index is -0.346. The van der Waals surface area contributed by atoms with E-state index in [1.807, 2.05) is 18.2 Å². The maximum atomic E-state index is 13.0. The summed E-state index contributed by atoms with van der Waals surface area (Å²) in [7, 11) is 0. The number of fused-ring (bicyclic) bond motifs is 1. The maximum Gasteiger partial charge on any atom is 0.161 e. The molecular formula is C16H15ClFNO2. The van der Waals surface area contributed by atoms with Gasteiger partial charge in [0, 0.05) is 13.0 Å². The Bertz CT molecular complexity index is 648. The topological polar surface area (TPSA) is 30.5 Å². The average Bonchev–Trinajstić information content (AvgIpc) is 2.71. The van der Waals surface area contributed by atoms with Crippen LogP contribution in [0.4, 0.5) is 10.1 Å². The van der Waals surface area contributed by atoms with Gasteiger partial charge >= 0.3 is 0 Å². The fourth-order valence-electron chi connectivity index (χ4n) is 2.15. The summed E-state index contributed by atoms with van der Waals surface area (Å²) in [6.45, 7) is 1.91. The smallest absolute Gasteiger partial charge is 0.161 e. The molecule has 0 spiro atoms. The molecule has 0 fully saturated rings. The molecule has 0 saturated heterocycles. The minimum Gasteiger partial charge on any atom is -0.490 e. The van der Waals surface area contributed by atoms with Crippen LogP contribution in [-0.2, 0) is 6.54 Å². The third-order valence-corrected chi connectivity index (χ3v) is 3.54. The Balaban J connectivity index is 1.72. The molecule has 0 saturated carbocycles. The lowest BCUT2D eigenvalue weighted by molar-refractivity contribution is 0.297. The molecule has 1 aliphatic heterocycles. The number of ether oxygens (including phenoxy) is 2. The first kappa shape index (κ1) is 14.0. The first-order valence-corrected chi connectivity index (χ1v) is 7.17. The summed E-state index contributed by atoms with van der Waals surface area (Å²) in [4.78, 5) is 0. The van der Waals surface area contributed by atoms with Crippen LogP contribution in [0.25, 0.3) is 0 Å². The van der Waals surface area contributed by atoms with Crippen molar-refractivity contribution in [2.75, 3.05) is 18.5 Å². The van der Waals surface area contributed by atoms with Gasteiger partial charge < -0.3 is 14.8 Å². The van der Waals surface area contributed by atoms with E-state index >= 15 is 0 Å². The molecule has 21 heavy (non-hydrogen) atoms. The van der Waals surface area contributed by atoms with E-state index in [9.17, 15) is 4.39 Å². The van der Waals surface area contributed by atoms with E-state index in [1.165, 1.54) is 12.1 Å². The molecule has 3 rings (SSSR count). The van der Waals surface area contributed by atoms with Crippen LogP contribution in [-0.4, -0.2) is 13.2 Å². The number of hydrogen-bond donors (Lipinski definition) is 1. The molecule has 0 unspecified atom stereocenters. The van der Waals surface area contributed by atoms with Crippen molar-refractivity contribution in [1.82, 2.24) is 0 Å². The fourth-order valence-corrected chi connectivity index (χ4v) is 2.38. The molecule has 0 bridgehead atoms. The Morgan fingerprint density at radius 3 is 2.67 bits per heavy atom. The molecule has 0 aromatic heterocycles. The van der Waals surface area contributed by atoms with E-state index in [-0.39, 0.29) is 5.82 Å². The average molecular weight is 308 g/mol. The van der Waals surface area contributed by atoms with Crippen LogP contribution in [0.15, 0.2) is 36.4 Å². The van der Waals surface area contributed by atoms with E-state index in [0.717, 1.165) is 23.5 Å². The third kappa shape index (κ3) is 3.39. The first-order valence-electron chi connectivity index (χ1n) is 6.80. The predicted molar refractivity (Wildman–Crippen MR) is 80.8 cm³/mol. The molecule has 5 heteroatoms. The van der Waals surface area contributed by atoms with Crippen LogP contribution in [0.3, 0.4) is 0 Å². The molecule has 0 atom stereocenters. The van der Waals surface area contributed by atoms with Crippen molar-refractivity contribution in [2.45, 2.75) is 13.0 Å². The van der Waals surface area contributed by atoms with Gasteiger partial charge in [-0.15, -0.1) is 0 Å². The minimum absolute atomic E-state index is 0.346. The highest BCUT2D eigenvalue weighted by Gasteiger charge is 2.10. The molecule has 3 nitrogen and oxygen atoms in total. The van der Waals surface area contributed by atoms with Gasteiger partial charge in [-0.25, -0.2) is 4.39 Å². The SMILES string of the molecule is Fc1ccc(NCc2ccc3c(c2)OCCCO3)c(Cl)c1. The van der Waals surface area contributed by atoms with Crippen LogP contribution in [0.2, 0.25) is 5.02 Å². The van der Waals surface area contributed by atoms with Gasteiger partial charge in [0.1, 0.15) is 5.82 Å². The van der Waals surface area contributed by atoms with Crippen LogP contribution in [0, 0.1) is 5.82 Å². The molecule has 0 radical (unpaired) electrons. The van der Waals surface area contributed by atoms with E-state index in [0.29, 0.717) is 30.5 Å². The Hall–Kier alpha value is -1.94. The largest absolute Gasteiger partial charge is 0.490 e. The van der Waals surface area contributed by atoms with Crippen molar-refractivity contribution in [3.05, 3.63) is 52.8 Å². The summed E-state index contributed by atoms with van der Waals surface area (Å²) in [5, 5.41) is 3.55. The van der Waals surface area contributed by atoms with E-state index < -0.39 is 0 Å². The fraction of sp³-hybridized carbons (Fsp3) is 0.250. The number of halogens is 2. The number of rotatable bonds is 3. The molecule has 1 heterocycles. The highest BCUT2D eigenvalue weighted by atomic mass is 35.5. The van der Waals surface area contributed by atoms with Gasteiger partial charge in [-0.3, -0.25) is 0 Å². The Kier molecular flexibility index (Phi) is 4.15. The Labute approximate surface area is 127 Å². The van der Waals surface area contributed by atoms with Gasteiger partial charge in [-0.2, -0.15) is 0 Å². The van der Waals surface area contributed by atoms with Crippen molar-refractivity contribution >= 4 is 17.3 Å². The van der Waals surface area contributed by atoms with E-state index in [1.54, 1.807) is 6.07 Å². The summed E-state index contributed by atoms with van der Waals surface area (Å²) in [5.41, 5.74) is 1.74. The van der Waals surface area contributed by atoms with Crippen LogP contribution in [0.1, 0.15) is 12.0 Å². The third-order valence-electron chi connectivity index (χ3n) is 3.23. The number of nitrogens with one attached hydrogen (secondary N) is 1. The standard InChI is InChI=1S/C16H15ClFNO2/c17-13-9-12(18)3-4-14(13)19-10-11-2-5-15-16(8-11)21-7-1-6-20-15/h2-5,8-9,19H,1,6-7,10H2. The zero-order chi connectivity index (χ0) is 14.7. The molecular weight excluding hydrogens is 293 g/mol. The summed E-state index contributed by atoms with van der Waals surface area (Å²) < 4.78 is 24.2. The van der Waals surface area contributed by atoms with Gasteiger partial charge in [0.2, 0.25) is 0 Å². The summed E-state index contributed by atoms with van der Waals surface area (Å²) in [5.74, 6) is 1.19. The monoisotopic (exact) mass is 307 g/mol. The molecule has 1 N–H and O–H groups in total. The number of benzene rings is 2. The quantitative estimate of drug-likeness (QED) is 0.919. The van der Waals surface area contributed by atoms with Gasteiger partial charge in [0.15, 0.2) is 11.5 Å². The lowest BCUT2D eigenvalue weighted by Crippen LogP contribution is -2.01. The van der Waals surface area contributed by atoms with Crippen molar-refractivity contribution in [1.29, 1.82) is 0 Å². The normalized spacial score (nSPS) is 13.6. The molecule has 2 aromatic rings. The summed E-state index contributed by atoms with van der Waals surface area (Å²) in [6, 6.07) is 10.1. The lowest BCUT2D eigenvalue weighted by Gasteiger charge is -2.11. The summed E-state index contributed by atoms with van der Waals surface area (Å²) in [6.07, 6.45) is 0.882. The second-order valence-corrected chi connectivity index (χ2v) is 5.22. The second kappa shape index (κ2) is 6.22. The van der Waals surface area contributed by atoms with Gasteiger partial charge in [0.05, 0.1) is 23.9 Å². The number of anilines is 1. The predicted octanol–water partition coefficient (Wildman–Crippen LogP) is 4.25. The molecule has 0 amide bonds.